The summed E-state index contributed by atoms with van der Waals surface area (Å²) in [6.07, 6.45) is 9.49. The number of benzene rings is 1. The molecule has 176 valence electrons. The van der Waals surface area contributed by atoms with E-state index < -0.39 is 0 Å². The van der Waals surface area contributed by atoms with Crippen LogP contribution in [0.2, 0.25) is 0 Å². The van der Waals surface area contributed by atoms with Gasteiger partial charge in [0.2, 0.25) is 5.91 Å². The van der Waals surface area contributed by atoms with E-state index >= 15 is 0 Å². The number of amides is 1. The molecule has 6 nitrogen and oxygen atoms in total. The van der Waals surface area contributed by atoms with E-state index in [1.54, 1.807) is 0 Å². The molecule has 1 aliphatic carbocycles. The van der Waals surface area contributed by atoms with E-state index in [0.29, 0.717) is 17.6 Å². The Labute approximate surface area is 206 Å². The number of carbonyl (C=O) groups is 1. The van der Waals surface area contributed by atoms with Crippen molar-refractivity contribution in [1.29, 1.82) is 0 Å². The predicted molar refractivity (Wildman–Crippen MR) is 140 cm³/mol. The number of pyridine rings is 1. The fourth-order valence-electron chi connectivity index (χ4n) is 5.28. The topological polar surface area (TPSA) is 62.2 Å². The summed E-state index contributed by atoms with van der Waals surface area (Å²) in [5, 5.41) is 7.24. The molecule has 2 atom stereocenters. The third-order valence-corrected chi connectivity index (χ3v) is 7.33. The average molecular weight is 474 g/mol. The zero-order valence-electron chi connectivity index (χ0n) is 19.7. The average Bonchev–Trinajstić information content (AvgIpc) is 3.60. The molecule has 2 N–H and O–H groups in total. The van der Waals surface area contributed by atoms with Crippen LogP contribution < -0.4 is 15.5 Å². The Bertz CT molecular complexity index is 1180. The molecule has 3 aromatic rings. The van der Waals surface area contributed by atoms with Gasteiger partial charge in [0.05, 0.1) is 11.7 Å². The highest BCUT2D eigenvalue weighted by atomic mass is 32.1. The first-order valence-electron chi connectivity index (χ1n) is 12.1. The van der Waals surface area contributed by atoms with Gasteiger partial charge < -0.3 is 20.1 Å². The second kappa shape index (κ2) is 9.58. The highest BCUT2D eigenvalue weighted by Gasteiger charge is 2.42. The van der Waals surface area contributed by atoms with E-state index in [9.17, 15) is 4.79 Å². The first-order valence-corrected chi connectivity index (χ1v) is 12.6. The molecular formula is C27H31N5OS. The van der Waals surface area contributed by atoms with Crippen LogP contribution in [0.4, 0.5) is 11.4 Å². The number of carbonyl (C=O) groups excluding carboxylic acids is 1. The third kappa shape index (κ3) is 4.20. The molecule has 7 heteroatoms. The minimum absolute atomic E-state index is 0.0108. The van der Waals surface area contributed by atoms with Crippen LogP contribution in [0.3, 0.4) is 0 Å². The van der Waals surface area contributed by atoms with Gasteiger partial charge in [-0.1, -0.05) is 25.8 Å². The molecule has 5 rings (SSSR count). The van der Waals surface area contributed by atoms with E-state index in [0.717, 1.165) is 22.6 Å². The fraction of sp³-hybridized carbons (Fsp3) is 0.370. The molecule has 2 fully saturated rings. The van der Waals surface area contributed by atoms with Gasteiger partial charge in [-0.05, 0) is 80.0 Å². The summed E-state index contributed by atoms with van der Waals surface area (Å²) in [5.74, 6) is 0.0108. The Morgan fingerprint density at radius 3 is 2.71 bits per heavy atom. The van der Waals surface area contributed by atoms with E-state index in [1.165, 1.54) is 31.4 Å². The first kappa shape index (κ1) is 22.6. The van der Waals surface area contributed by atoms with Crippen molar-refractivity contribution in [2.24, 2.45) is 0 Å². The Morgan fingerprint density at radius 2 is 2.00 bits per heavy atom. The third-order valence-electron chi connectivity index (χ3n) is 7.01. The second-order valence-corrected chi connectivity index (χ2v) is 9.56. The van der Waals surface area contributed by atoms with Gasteiger partial charge in [-0.25, -0.2) is 0 Å². The maximum atomic E-state index is 11.9. The van der Waals surface area contributed by atoms with Gasteiger partial charge in [-0.15, -0.1) is 0 Å². The summed E-state index contributed by atoms with van der Waals surface area (Å²) >= 11 is 5.90. The van der Waals surface area contributed by atoms with Crippen LogP contribution in [-0.2, 0) is 4.79 Å². The maximum absolute atomic E-state index is 11.9. The summed E-state index contributed by atoms with van der Waals surface area (Å²) in [7, 11) is 0. The van der Waals surface area contributed by atoms with E-state index in [2.05, 4.69) is 55.5 Å². The van der Waals surface area contributed by atoms with Gasteiger partial charge in [-0.2, -0.15) is 0 Å². The van der Waals surface area contributed by atoms with Crippen molar-refractivity contribution in [3.05, 3.63) is 77.9 Å². The number of rotatable bonds is 6. The smallest absolute Gasteiger partial charge is 0.224 e. The van der Waals surface area contributed by atoms with Crippen molar-refractivity contribution in [3.8, 4) is 0 Å². The van der Waals surface area contributed by atoms with Crippen LogP contribution in [0.25, 0.3) is 0 Å². The maximum Gasteiger partial charge on any atom is 0.224 e. The molecule has 1 saturated heterocycles. The minimum atomic E-state index is -0.0662. The van der Waals surface area contributed by atoms with Crippen molar-refractivity contribution in [2.75, 3.05) is 10.2 Å². The molecule has 1 aromatic carbocycles. The van der Waals surface area contributed by atoms with Crippen molar-refractivity contribution < 1.29 is 4.79 Å². The summed E-state index contributed by atoms with van der Waals surface area (Å²) in [6, 6.07) is 17.0. The van der Waals surface area contributed by atoms with Gasteiger partial charge in [-0.3, -0.25) is 9.78 Å². The number of thiocarbonyl (C=S) groups is 1. The van der Waals surface area contributed by atoms with Crippen molar-refractivity contribution in [1.82, 2.24) is 14.9 Å². The molecule has 0 radical (unpaired) electrons. The van der Waals surface area contributed by atoms with Crippen LogP contribution >= 0.6 is 12.2 Å². The quantitative estimate of drug-likeness (QED) is 0.441. The highest BCUT2D eigenvalue weighted by Crippen LogP contribution is 2.44. The molecule has 1 aliphatic heterocycles. The lowest BCUT2D eigenvalue weighted by atomic mass is 10.00. The summed E-state index contributed by atoms with van der Waals surface area (Å²) in [6.45, 7) is 3.88. The largest absolute Gasteiger partial charge is 0.351 e. The van der Waals surface area contributed by atoms with E-state index in [1.807, 2.05) is 44.3 Å². The monoisotopic (exact) mass is 473 g/mol. The Morgan fingerprint density at radius 1 is 1.18 bits per heavy atom. The molecule has 2 aromatic heterocycles. The SMILES string of the molecule is CCC(=O)Nc1ccc(N2C(=S)N[C@H](c3ccccn3)[C@@H]2c2cccn2C2CCCC2)cc1C. The van der Waals surface area contributed by atoms with Crippen LogP contribution in [0.1, 0.15) is 74.1 Å². The number of hydrogen-bond acceptors (Lipinski definition) is 3. The molecular weight excluding hydrogens is 442 g/mol. The normalized spacial score (nSPS) is 20.5. The molecule has 34 heavy (non-hydrogen) atoms. The van der Waals surface area contributed by atoms with Crippen LogP contribution in [-0.4, -0.2) is 20.6 Å². The van der Waals surface area contributed by atoms with Gasteiger partial charge >= 0.3 is 0 Å². The number of nitrogens with zero attached hydrogens (tertiary/aromatic N) is 3. The summed E-state index contributed by atoms with van der Waals surface area (Å²) in [4.78, 5) is 18.8. The summed E-state index contributed by atoms with van der Waals surface area (Å²) < 4.78 is 2.46. The van der Waals surface area contributed by atoms with Crippen molar-refractivity contribution in [2.45, 2.75) is 64.1 Å². The first-order chi connectivity index (χ1) is 16.6. The predicted octanol–water partition coefficient (Wildman–Crippen LogP) is 5.83. The molecule has 3 heterocycles. The Kier molecular flexibility index (Phi) is 6.37. The lowest BCUT2D eigenvalue weighted by Crippen LogP contribution is -2.30. The molecule has 0 unspecified atom stereocenters. The van der Waals surface area contributed by atoms with Crippen LogP contribution in [0, 0.1) is 6.92 Å². The van der Waals surface area contributed by atoms with Gasteiger partial charge in [0, 0.05) is 41.9 Å². The molecule has 0 spiro atoms. The molecule has 1 saturated carbocycles. The van der Waals surface area contributed by atoms with E-state index in [4.69, 9.17) is 12.2 Å². The zero-order chi connectivity index (χ0) is 23.7. The molecule has 0 bridgehead atoms. The standard InChI is InChI=1S/C27H31N5OS/c1-3-24(33)29-21-14-13-20(17-18(21)2)32-26(23-12-8-16-31(23)19-9-4-5-10-19)25(30-27(32)34)22-11-6-7-15-28-22/h6-8,11-17,19,25-26H,3-5,9-10H2,1-2H3,(H,29,33)(H,30,34)/t25-,26+/m1/s1. The number of hydrogen-bond donors (Lipinski definition) is 2. The van der Waals surface area contributed by atoms with Gasteiger partial charge in [0.15, 0.2) is 5.11 Å². The number of aromatic nitrogens is 2. The highest BCUT2D eigenvalue weighted by molar-refractivity contribution is 7.80. The minimum Gasteiger partial charge on any atom is -0.351 e. The van der Waals surface area contributed by atoms with Crippen molar-refractivity contribution in [3.63, 3.8) is 0 Å². The number of aryl methyl sites for hydroxylation is 1. The van der Waals surface area contributed by atoms with Gasteiger partial charge in [0.25, 0.3) is 0 Å². The lowest BCUT2D eigenvalue weighted by molar-refractivity contribution is -0.115. The number of anilines is 2. The van der Waals surface area contributed by atoms with Gasteiger partial charge in [0.1, 0.15) is 6.04 Å². The fourth-order valence-corrected chi connectivity index (χ4v) is 5.63. The van der Waals surface area contributed by atoms with Crippen LogP contribution in [0.5, 0.6) is 0 Å². The Balaban J connectivity index is 1.57. The van der Waals surface area contributed by atoms with E-state index in [-0.39, 0.29) is 18.0 Å². The van der Waals surface area contributed by atoms with Crippen LogP contribution in [0.15, 0.2) is 60.9 Å². The lowest BCUT2D eigenvalue weighted by Gasteiger charge is -2.30. The molecule has 2 aliphatic rings. The molecule has 1 amide bonds. The second-order valence-electron chi connectivity index (χ2n) is 9.18. The summed E-state index contributed by atoms with van der Waals surface area (Å²) in [5.41, 5.74) is 5.07. The Hall–Kier alpha value is -3.19. The number of nitrogens with one attached hydrogen (secondary N) is 2. The zero-order valence-corrected chi connectivity index (χ0v) is 20.5. The van der Waals surface area contributed by atoms with Crippen molar-refractivity contribution >= 4 is 34.6 Å².